The standard InChI is InChI=1S/C21H18N4O3S/c1-12-13(19(27)25-21-22-9-10-29-21)6-4-8-16(12)24-20(28)15-11-18(26)23-17-7-3-2-5-14(15)17/h2-10,15H,11H2,1H3,(H,23,26)(H,24,28)(H,22,25,27). The molecule has 29 heavy (non-hydrogen) atoms. The third-order valence-corrected chi connectivity index (χ3v) is 5.49. The number of nitrogens with one attached hydrogen (secondary N) is 3. The number of carbonyl (C=O) groups excluding carboxylic acids is 3. The lowest BCUT2D eigenvalue weighted by molar-refractivity contribution is -0.123. The summed E-state index contributed by atoms with van der Waals surface area (Å²) in [6.07, 6.45) is 1.69. The first-order valence-corrected chi connectivity index (χ1v) is 9.91. The Labute approximate surface area is 171 Å². The van der Waals surface area contributed by atoms with Crippen molar-refractivity contribution in [3.8, 4) is 0 Å². The van der Waals surface area contributed by atoms with Crippen LogP contribution >= 0.6 is 11.3 Å². The summed E-state index contributed by atoms with van der Waals surface area (Å²) >= 11 is 1.33. The van der Waals surface area contributed by atoms with E-state index >= 15 is 0 Å². The van der Waals surface area contributed by atoms with Gasteiger partial charge in [-0.05, 0) is 36.2 Å². The molecule has 0 saturated carbocycles. The minimum absolute atomic E-state index is 0.0755. The molecule has 8 heteroatoms. The SMILES string of the molecule is Cc1c(NC(=O)C2CC(=O)Nc3ccccc32)cccc1C(=O)Nc1nccs1. The fourth-order valence-electron chi connectivity index (χ4n) is 3.33. The summed E-state index contributed by atoms with van der Waals surface area (Å²) in [6.45, 7) is 1.77. The number of benzene rings is 2. The highest BCUT2D eigenvalue weighted by Gasteiger charge is 2.30. The van der Waals surface area contributed by atoms with E-state index in [1.165, 1.54) is 11.3 Å². The number of thiazole rings is 1. The largest absolute Gasteiger partial charge is 0.326 e. The van der Waals surface area contributed by atoms with Crippen LogP contribution in [-0.4, -0.2) is 22.7 Å². The molecule has 0 aliphatic carbocycles. The molecule has 3 N–H and O–H groups in total. The molecule has 0 fully saturated rings. The Kier molecular flexibility index (Phi) is 5.09. The average Bonchev–Trinajstić information content (AvgIpc) is 3.21. The molecule has 0 bridgehead atoms. The molecule has 4 rings (SSSR count). The highest BCUT2D eigenvalue weighted by Crippen LogP contribution is 2.33. The van der Waals surface area contributed by atoms with E-state index in [0.29, 0.717) is 27.6 Å². The van der Waals surface area contributed by atoms with Crippen LogP contribution in [0.4, 0.5) is 16.5 Å². The number of rotatable bonds is 4. The summed E-state index contributed by atoms with van der Waals surface area (Å²) in [5.74, 6) is -1.37. The number of hydrogen-bond donors (Lipinski definition) is 3. The van der Waals surface area contributed by atoms with Gasteiger partial charge in [0.15, 0.2) is 5.13 Å². The number of aromatic nitrogens is 1. The van der Waals surface area contributed by atoms with Gasteiger partial charge < -0.3 is 10.6 Å². The first-order valence-electron chi connectivity index (χ1n) is 9.03. The number of amides is 3. The quantitative estimate of drug-likeness (QED) is 0.614. The van der Waals surface area contributed by atoms with Gasteiger partial charge in [-0.3, -0.25) is 19.7 Å². The molecule has 0 radical (unpaired) electrons. The van der Waals surface area contributed by atoms with Crippen molar-refractivity contribution < 1.29 is 14.4 Å². The molecule has 3 amide bonds. The minimum Gasteiger partial charge on any atom is -0.326 e. The Hall–Kier alpha value is -3.52. The normalized spacial score (nSPS) is 15.2. The molecule has 1 aliphatic heterocycles. The van der Waals surface area contributed by atoms with Gasteiger partial charge in [-0.15, -0.1) is 11.3 Å². The second kappa shape index (κ2) is 7.84. The number of nitrogens with zero attached hydrogens (tertiary/aromatic N) is 1. The van der Waals surface area contributed by atoms with Crippen molar-refractivity contribution in [2.45, 2.75) is 19.3 Å². The van der Waals surface area contributed by atoms with Crippen molar-refractivity contribution in [3.63, 3.8) is 0 Å². The van der Waals surface area contributed by atoms with Crippen molar-refractivity contribution in [1.29, 1.82) is 0 Å². The zero-order valence-corrected chi connectivity index (χ0v) is 16.4. The monoisotopic (exact) mass is 406 g/mol. The molecule has 3 aromatic rings. The zero-order valence-electron chi connectivity index (χ0n) is 15.6. The van der Waals surface area contributed by atoms with E-state index < -0.39 is 5.92 Å². The van der Waals surface area contributed by atoms with Crippen LogP contribution in [0, 0.1) is 6.92 Å². The van der Waals surface area contributed by atoms with Crippen LogP contribution in [-0.2, 0) is 9.59 Å². The van der Waals surface area contributed by atoms with Gasteiger partial charge in [0, 0.05) is 34.9 Å². The Morgan fingerprint density at radius 2 is 1.97 bits per heavy atom. The molecule has 0 saturated heterocycles. The van der Waals surface area contributed by atoms with Gasteiger partial charge in [-0.25, -0.2) is 4.98 Å². The van der Waals surface area contributed by atoms with Gasteiger partial charge in [-0.2, -0.15) is 0 Å². The lowest BCUT2D eigenvalue weighted by Gasteiger charge is -2.25. The van der Waals surface area contributed by atoms with E-state index in [0.717, 1.165) is 5.56 Å². The van der Waals surface area contributed by atoms with Crippen LogP contribution in [0.3, 0.4) is 0 Å². The van der Waals surface area contributed by atoms with Crippen LogP contribution in [0.1, 0.15) is 33.8 Å². The van der Waals surface area contributed by atoms with Gasteiger partial charge in [0.1, 0.15) is 0 Å². The first-order chi connectivity index (χ1) is 14.0. The molecule has 1 aliphatic rings. The first kappa shape index (κ1) is 18.8. The second-order valence-electron chi connectivity index (χ2n) is 6.65. The number of anilines is 3. The average molecular weight is 406 g/mol. The van der Waals surface area contributed by atoms with Gasteiger partial charge in [0.05, 0.1) is 5.92 Å². The van der Waals surface area contributed by atoms with Crippen molar-refractivity contribution in [3.05, 3.63) is 70.7 Å². The van der Waals surface area contributed by atoms with Crippen LogP contribution in [0.2, 0.25) is 0 Å². The van der Waals surface area contributed by atoms with Crippen LogP contribution < -0.4 is 16.0 Å². The fraction of sp³-hybridized carbons (Fsp3) is 0.143. The highest BCUT2D eigenvalue weighted by atomic mass is 32.1. The lowest BCUT2D eigenvalue weighted by atomic mass is 9.89. The van der Waals surface area contributed by atoms with Crippen molar-refractivity contribution in [1.82, 2.24) is 4.98 Å². The lowest BCUT2D eigenvalue weighted by Crippen LogP contribution is -2.31. The van der Waals surface area contributed by atoms with Crippen molar-refractivity contribution in [2.75, 3.05) is 16.0 Å². The molecule has 2 aromatic carbocycles. The van der Waals surface area contributed by atoms with E-state index in [1.807, 2.05) is 18.2 Å². The molecule has 7 nitrogen and oxygen atoms in total. The maximum absolute atomic E-state index is 13.0. The predicted molar refractivity (Wildman–Crippen MR) is 112 cm³/mol. The Morgan fingerprint density at radius 3 is 2.76 bits per heavy atom. The molecule has 1 aromatic heterocycles. The van der Waals surface area contributed by atoms with Gasteiger partial charge in [-0.1, -0.05) is 24.3 Å². The van der Waals surface area contributed by atoms with E-state index in [2.05, 4.69) is 20.9 Å². The van der Waals surface area contributed by atoms with Gasteiger partial charge in [0.25, 0.3) is 5.91 Å². The third-order valence-electron chi connectivity index (χ3n) is 4.81. The van der Waals surface area contributed by atoms with Gasteiger partial charge >= 0.3 is 0 Å². The minimum atomic E-state index is -0.591. The maximum Gasteiger partial charge on any atom is 0.257 e. The maximum atomic E-state index is 13.0. The van der Waals surface area contributed by atoms with E-state index in [4.69, 9.17) is 0 Å². The van der Waals surface area contributed by atoms with Crippen LogP contribution in [0.15, 0.2) is 54.0 Å². The molecule has 146 valence electrons. The topological polar surface area (TPSA) is 100 Å². The van der Waals surface area contributed by atoms with Crippen molar-refractivity contribution >= 4 is 45.6 Å². The Balaban J connectivity index is 1.56. The van der Waals surface area contributed by atoms with E-state index in [1.54, 1.807) is 42.8 Å². The highest BCUT2D eigenvalue weighted by molar-refractivity contribution is 7.13. The summed E-state index contributed by atoms with van der Waals surface area (Å²) in [7, 11) is 0. The smallest absolute Gasteiger partial charge is 0.257 e. The number of fused-ring (bicyclic) bond motifs is 1. The molecule has 1 atom stereocenters. The van der Waals surface area contributed by atoms with Crippen molar-refractivity contribution in [2.24, 2.45) is 0 Å². The van der Waals surface area contributed by atoms with E-state index in [-0.39, 0.29) is 24.1 Å². The summed E-state index contributed by atoms with van der Waals surface area (Å²) in [6, 6.07) is 12.4. The predicted octanol–water partition coefficient (Wildman–Crippen LogP) is 3.77. The summed E-state index contributed by atoms with van der Waals surface area (Å²) in [5, 5.41) is 10.7. The molecular formula is C21H18N4O3S. The summed E-state index contributed by atoms with van der Waals surface area (Å²) in [4.78, 5) is 41.6. The Morgan fingerprint density at radius 1 is 1.14 bits per heavy atom. The van der Waals surface area contributed by atoms with Gasteiger partial charge in [0.2, 0.25) is 11.8 Å². The molecule has 2 heterocycles. The number of carbonyl (C=O) groups is 3. The molecule has 1 unspecified atom stereocenters. The summed E-state index contributed by atoms with van der Waals surface area (Å²) < 4.78 is 0. The van der Waals surface area contributed by atoms with Crippen LogP contribution in [0.25, 0.3) is 0 Å². The Bertz CT molecular complexity index is 1100. The molecule has 0 spiro atoms. The second-order valence-corrected chi connectivity index (χ2v) is 7.55. The fourth-order valence-corrected chi connectivity index (χ4v) is 3.86. The number of hydrogen-bond acceptors (Lipinski definition) is 5. The van der Waals surface area contributed by atoms with Crippen LogP contribution in [0.5, 0.6) is 0 Å². The third kappa shape index (κ3) is 3.88. The zero-order chi connectivity index (χ0) is 20.4. The molecular weight excluding hydrogens is 388 g/mol. The number of para-hydroxylation sites is 1. The van der Waals surface area contributed by atoms with E-state index in [9.17, 15) is 14.4 Å². The summed E-state index contributed by atoms with van der Waals surface area (Å²) in [5.41, 5.74) is 3.05.